The fourth-order valence-corrected chi connectivity index (χ4v) is 2.16. The summed E-state index contributed by atoms with van der Waals surface area (Å²) in [5, 5.41) is 10.7. The van der Waals surface area contributed by atoms with Crippen LogP contribution in [0.1, 0.15) is 17.2 Å². The molecule has 0 bridgehead atoms. The Hall–Kier alpha value is -1.58. The van der Waals surface area contributed by atoms with Crippen LogP contribution in [0.3, 0.4) is 0 Å². The molecule has 0 amide bonds. The van der Waals surface area contributed by atoms with Gasteiger partial charge in [-0.3, -0.25) is 0 Å². The maximum atomic E-state index is 13.6. The molecule has 0 radical (unpaired) electrons. The first-order valence-electron chi connectivity index (χ1n) is 5.86. The molecule has 0 aliphatic rings. The van der Waals surface area contributed by atoms with Crippen LogP contribution in [0.2, 0.25) is 5.02 Å². The fraction of sp³-hybridized carbons (Fsp3) is 0.200. The fourth-order valence-electron chi connectivity index (χ4n) is 1.97. The van der Waals surface area contributed by atoms with Gasteiger partial charge in [-0.05, 0) is 29.8 Å². The van der Waals surface area contributed by atoms with E-state index in [2.05, 4.69) is 0 Å². The lowest BCUT2D eigenvalue weighted by atomic mass is 10.0. The second-order valence-corrected chi connectivity index (χ2v) is 4.63. The molecule has 0 heterocycles. The summed E-state index contributed by atoms with van der Waals surface area (Å²) in [6.45, 7) is 0. The number of aliphatic hydroxyl groups excluding tert-OH is 1. The summed E-state index contributed by atoms with van der Waals surface area (Å²) in [5.41, 5.74) is 1.01. The van der Waals surface area contributed by atoms with Gasteiger partial charge in [-0.15, -0.1) is 0 Å². The number of methoxy groups -OCH3 is 1. The van der Waals surface area contributed by atoms with E-state index in [0.29, 0.717) is 10.8 Å². The Morgan fingerprint density at radius 1 is 1.26 bits per heavy atom. The minimum absolute atomic E-state index is 0.241. The Balaban J connectivity index is 2.26. The second-order valence-electron chi connectivity index (χ2n) is 4.20. The maximum absolute atomic E-state index is 13.6. The SMILES string of the molecule is COc1ccc(Cl)cc1CC(O)c1ccccc1F. The van der Waals surface area contributed by atoms with E-state index in [1.54, 1.807) is 43.5 Å². The van der Waals surface area contributed by atoms with Gasteiger partial charge in [0, 0.05) is 17.0 Å². The van der Waals surface area contributed by atoms with Crippen LogP contribution in [0.5, 0.6) is 5.75 Å². The molecular weight excluding hydrogens is 267 g/mol. The summed E-state index contributed by atoms with van der Waals surface area (Å²) in [5.74, 6) is 0.204. The van der Waals surface area contributed by atoms with E-state index >= 15 is 0 Å². The molecule has 0 saturated heterocycles. The average molecular weight is 281 g/mol. The summed E-state index contributed by atoms with van der Waals surface area (Å²) in [6, 6.07) is 11.3. The molecule has 0 saturated carbocycles. The summed E-state index contributed by atoms with van der Waals surface area (Å²) in [6.07, 6.45) is -0.696. The summed E-state index contributed by atoms with van der Waals surface area (Å²) < 4.78 is 18.8. The lowest BCUT2D eigenvalue weighted by Gasteiger charge is -2.14. The molecule has 19 heavy (non-hydrogen) atoms. The van der Waals surface area contributed by atoms with Gasteiger partial charge >= 0.3 is 0 Å². The number of rotatable bonds is 4. The zero-order valence-corrected chi connectivity index (χ0v) is 11.2. The first-order valence-corrected chi connectivity index (χ1v) is 6.24. The summed E-state index contributed by atoms with van der Waals surface area (Å²) in [4.78, 5) is 0. The van der Waals surface area contributed by atoms with Crippen molar-refractivity contribution < 1.29 is 14.2 Å². The molecule has 4 heteroatoms. The molecule has 0 aromatic heterocycles. The first kappa shape index (κ1) is 13.8. The molecule has 0 spiro atoms. The number of aliphatic hydroxyl groups is 1. The van der Waals surface area contributed by atoms with Crippen molar-refractivity contribution in [2.75, 3.05) is 7.11 Å². The molecule has 2 aromatic rings. The Labute approximate surface area is 116 Å². The second kappa shape index (κ2) is 6.04. The average Bonchev–Trinajstić information content (AvgIpc) is 2.39. The van der Waals surface area contributed by atoms with Gasteiger partial charge in [-0.2, -0.15) is 0 Å². The molecule has 2 nitrogen and oxygen atoms in total. The van der Waals surface area contributed by atoms with Crippen molar-refractivity contribution in [2.45, 2.75) is 12.5 Å². The van der Waals surface area contributed by atoms with Crippen LogP contribution >= 0.6 is 11.6 Å². The van der Waals surface area contributed by atoms with Gasteiger partial charge in [0.1, 0.15) is 11.6 Å². The van der Waals surface area contributed by atoms with Crippen LogP contribution in [-0.4, -0.2) is 12.2 Å². The zero-order chi connectivity index (χ0) is 13.8. The van der Waals surface area contributed by atoms with E-state index < -0.39 is 11.9 Å². The van der Waals surface area contributed by atoms with Gasteiger partial charge in [0.05, 0.1) is 13.2 Å². The molecule has 0 fully saturated rings. The predicted octanol–water partition coefficient (Wildman–Crippen LogP) is 3.76. The van der Waals surface area contributed by atoms with Crippen molar-refractivity contribution in [3.63, 3.8) is 0 Å². The van der Waals surface area contributed by atoms with Crippen LogP contribution in [0, 0.1) is 5.82 Å². The molecule has 1 unspecified atom stereocenters. The van der Waals surface area contributed by atoms with Gasteiger partial charge in [0.2, 0.25) is 0 Å². The van der Waals surface area contributed by atoms with Crippen LogP contribution in [0.15, 0.2) is 42.5 Å². The highest BCUT2D eigenvalue weighted by Crippen LogP contribution is 2.28. The highest BCUT2D eigenvalue weighted by Gasteiger charge is 2.15. The van der Waals surface area contributed by atoms with Crippen molar-refractivity contribution in [1.82, 2.24) is 0 Å². The van der Waals surface area contributed by atoms with Gasteiger partial charge in [-0.25, -0.2) is 4.39 Å². The number of ether oxygens (including phenoxy) is 1. The highest BCUT2D eigenvalue weighted by atomic mass is 35.5. The minimum atomic E-state index is -0.937. The van der Waals surface area contributed by atoms with Crippen LogP contribution in [0.4, 0.5) is 4.39 Å². The van der Waals surface area contributed by atoms with Gasteiger partial charge in [-0.1, -0.05) is 29.8 Å². The first-order chi connectivity index (χ1) is 9.11. The molecule has 2 rings (SSSR count). The largest absolute Gasteiger partial charge is 0.496 e. The molecular formula is C15H14ClFO2. The standard InChI is InChI=1S/C15H14ClFO2/c1-19-15-7-6-11(16)8-10(15)9-14(18)12-4-2-3-5-13(12)17/h2-8,14,18H,9H2,1H3. The highest BCUT2D eigenvalue weighted by molar-refractivity contribution is 6.30. The summed E-state index contributed by atoms with van der Waals surface area (Å²) in [7, 11) is 1.54. The quantitative estimate of drug-likeness (QED) is 0.924. The number of hydrogen-bond donors (Lipinski definition) is 1. The normalized spacial score (nSPS) is 12.2. The molecule has 0 aliphatic heterocycles. The minimum Gasteiger partial charge on any atom is -0.496 e. The van der Waals surface area contributed by atoms with Crippen LogP contribution in [-0.2, 0) is 6.42 Å². The Morgan fingerprint density at radius 2 is 2.00 bits per heavy atom. The van der Waals surface area contributed by atoms with Crippen molar-refractivity contribution in [2.24, 2.45) is 0 Å². The molecule has 0 aliphatic carbocycles. The topological polar surface area (TPSA) is 29.5 Å². The van der Waals surface area contributed by atoms with Gasteiger partial charge < -0.3 is 9.84 Å². The number of halogens is 2. The molecule has 2 aromatic carbocycles. The number of benzene rings is 2. The van der Waals surface area contributed by atoms with Gasteiger partial charge in [0.25, 0.3) is 0 Å². The monoisotopic (exact) mass is 280 g/mol. The molecule has 1 N–H and O–H groups in total. The smallest absolute Gasteiger partial charge is 0.129 e. The molecule has 1 atom stereocenters. The van der Waals surface area contributed by atoms with Crippen LogP contribution < -0.4 is 4.74 Å². The van der Waals surface area contributed by atoms with Crippen molar-refractivity contribution >= 4 is 11.6 Å². The van der Waals surface area contributed by atoms with E-state index in [1.165, 1.54) is 6.07 Å². The number of hydrogen-bond acceptors (Lipinski definition) is 2. The van der Waals surface area contributed by atoms with E-state index in [4.69, 9.17) is 16.3 Å². The Morgan fingerprint density at radius 3 is 2.68 bits per heavy atom. The third-order valence-corrected chi connectivity index (χ3v) is 3.16. The Bertz CT molecular complexity index is 572. The zero-order valence-electron chi connectivity index (χ0n) is 10.4. The third kappa shape index (κ3) is 3.25. The van der Waals surface area contributed by atoms with E-state index in [9.17, 15) is 9.50 Å². The van der Waals surface area contributed by atoms with Crippen molar-refractivity contribution in [3.8, 4) is 5.75 Å². The third-order valence-electron chi connectivity index (χ3n) is 2.92. The van der Waals surface area contributed by atoms with Crippen molar-refractivity contribution in [1.29, 1.82) is 0 Å². The van der Waals surface area contributed by atoms with E-state index in [1.807, 2.05) is 0 Å². The molecule has 100 valence electrons. The lowest BCUT2D eigenvalue weighted by molar-refractivity contribution is 0.172. The van der Waals surface area contributed by atoms with Gasteiger partial charge in [0.15, 0.2) is 0 Å². The van der Waals surface area contributed by atoms with E-state index in [-0.39, 0.29) is 12.0 Å². The van der Waals surface area contributed by atoms with E-state index in [0.717, 1.165) is 5.56 Å². The Kier molecular flexibility index (Phi) is 4.40. The lowest BCUT2D eigenvalue weighted by Crippen LogP contribution is -2.05. The van der Waals surface area contributed by atoms with Crippen molar-refractivity contribution in [3.05, 3.63) is 64.4 Å². The summed E-state index contributed by atoms with van der Waals surface area (Å²) >= 11 is 5.92. The maximum Gasteiger partial charge on any atom is 0.129 e. The van der Waals surface area contributed by atoms with Crippen LogP contribution in [0.25, 0.3) is 0 Å². The predicted molar refractivity (Wildman–Crippen MR) is 73.1 cm³/mol.